The van der Waals surface area contributed by atoms with E-state index < -0.39 is 0 Å². The van der Waals surface area contributed by atoms with Crippen molar-refractivity contribution >= 4 is 11.3 Å². The summed E-state index contributed by atoms with van der Waals surface area (Å²) in [5.74, 6) is 0.720. The minimum Gasteiger partial charge on any atom is -0.475 e. The first-order chi connectivity index (χ1) is 11.6. The van der Waals surface area contributed by atoms with Gasteiger partial charge >= 0.3 is 0 Å². The fourth-order valence-electron chi connectivity index (χ4n) is 2.80. The zero-order valence-corrected chi connectivity index (χ0v) is 15.7. The molecule has 0 saturated heterocycles. The summed E-state index contributed by atoms with van der Waals surface area (Å²) >= 11 is 1.80. The van der Waals surface area contributed by atoms with Crippen LogP contribution in [0.3, 0.4) is 0 Å². The Labute approximate surface area is 148 Å². The second-order valence-electron chi connectivity index (χ2n) is 6.79. The topological polar surface area (TPSA) is 38.2 Å². The molecule has 2 aromatic heterocycles. The van der Waals surface area contributed by atoms with E-state index in [9.17, 15) is 0 Å². The minimum absolute atomic E-state index is 0.152. The van der Waals surface area contributed by atoms with Crippen molar-refractivity contribution in [3.8, 4) is 5.88 Å². The van der Waals surface area contributed by atoms with Crippen LogP contribution in [0.25, 0.3) is 0 Å². The van der Waals surface area contributed by atoms with Gasteiger partial charge in [-0.3, -0.25) is 4.90 Å². The monoisotopic (exact) mass is 345 g/mol. The molecule has 130 valence electrons. The van der Waals surface area contributed by atoms with Crippen LogP contribution in [0.15, 0.2) is 23.7 Å². The SMILES string of the molecule is CCCc1nc(CN(Cc2ccnc(OC(C)C)c2)C2CC2)cs1. The van der Waals surface area contributed by atoms with Crippen LogP contribution in [0.1, 0.15) is 56.3 Å². The fourth-order valence-corrected chi connectivity index (χ4v) is 3.69. The van der Waals surface area contributed by atoms with E-state index in [0.717, 1.165) is 31.8 Å². The molecule has 2 heterocycles. The molecule has 2 aromatic rings. The summed E-state index contributed by atoms with van der Waals surface area (Å²) in [7, 11) is 0. The van der Waals surface area contributed by atoms with E-state index in [2.05, 4.69) is 34.3 Å². The number of thiazole rings is 1. The molecule has 24 heavy (non-hydrogen) atoms. The number of hydrogen-bond acceptors (Lipinski definition) is 5. The van der Waals surface area contributed by atoms with Gasteiger partial charge in [0.2, 0.25) is 5.88 Å². The highest BCUT2D eigenvalue weighted by atomic mass is 32.1. The maximum atomic E-state index is 5.72. The number of ether oxygens (including phenoxy) is 1. The summed E-state index contributed by atoms with van der Waals surface area (Å²) in [6, 6.07) is 4.86. The number of rotatable bonds is 9. The van der Waals surface area contributed by atoms with E-state index in [1.807, 2.05) is 20.0 Å². The maximum Gasteiger partial charge on any atom is 0.213 e. The highest BCUT2D eigenvalue weighted by Gasteiger charge is 2.29. The molecule has 0 amide bonds. The summed E-state index contributed by atoms with van der Waals surface area (Å²) in [5.41, 5.74) is 2.47. The summed E-state index contributed by atoms with van der Waals surface area (Å²) in [4.78, 5) is 11.6. The molecule has 1 fully saturated rings. The predicted molar refractivity (Wildman–Crippen MR) is 98.4 cm³/mol. The third-order valence-corrected chi connectivity index (χ3v) is 4.99. The maximum absolute atomic E-state index is 5.72. The van der Waals surface area contributed by atoms with Crippen molar-refractivity contribution in [3.63, 3.8) is 0 Å². The third-order valence-electron chi connectivity index (χ3n) is 4.03. The van der Waals surface area contributed by atoms with E-state index in [-0.39, 0.29) is 6.10 Å². The van der Waals surface area contributed by atoms with Crippen LogP contribution < -0.4 is 4.74 Å². The quantitative estimate of drug-likeness (QED) is 0.673. The molecule has 1 saturated carbocycles. The lowest BCUT2D eigenvalue weighted by atomic mass is 10.2. The predicted octanol–water partition coefficient (Wildman–Crippen LogP) is 4.44. The number of hydrogen-bond donors (Lipinski definition) is 0. The highest BCUT2D eigenvalue weighted by Crippen LogP contribution is 2.30. The van der Waals surface area contributed by atoms with Gasteiger partial charge in [0.25, 0.3) is 0 Å². The Bertz CT molecular complexity index is 652. The lowest BCUT2D eigenvalue weighted by Gasteiger charge is -2.21. The molecule has 0 spiro atoms. The molecular weight excluding hydrogens is 318 g/mol. The lowest BCUT2D eigenvalue weighted by Crippen LogP contribution is -2.25. The molecule has 0 aromatic carbocycles. The second kappa shape index (κ2) is 8.08. The molecule has 1 aliphatic rings. The Morgan fingerprint density at radius 2 is 2.17 bits per heavy atom. The average molecular weight is 346 g/mol. The Morgan fingerprint density at radius 3 is 2.88 bits per heavy atom. The normalized spacial score (nSPS) is 14.5. The number of nitrogens with zero attached hydrogens (tertiary/aromatic N) is 3. The highest BCUT2D eigenvalue weighted by molar-refractivity contribution is 7.09. The first kappa shape index (κ1) is 17.4. The van der Waals surface area contributed by atoms with Gasteiger partial charge in [0.15, 0.2) is 0 Å². The van der Waals surface area contributed by atoms with Crippen LogP contribution in [-0.2, 0) is 19.5 Å². The van der Waals surface area contributed by atoms with Crippen LogP contribution in [0.2, 0.25) is 0 Å². The van der Waals surface area contributed by atoms with Crippen LogP contribution in [0.4, 0.5) is 0 Å². The van der Waals surface area contributed by atoms with Gasteiger partial charge in [-0.2, -0.15) is 0 Å². The average Bonchev–Trinajstić information content (AvgIpc) is 3.29. The molecular formula is C19H27N3OS. The van der Waals surface area contributed by atoms with Gasteiger partial charge in [-0.25, -0.2) is 9.97 Å². The Balaban J connectivity index is 1.65. The summed E-state index contributed by atoms with van der Waals surface area (Å²) in [6.45, 7) is 8.13. The molecule has 1 aliphatic carbocycles. The van der Waals surface area contributed by atoms with Crippen molar-refractivity contribution in [1.29, 1.82) is 0 Å². The Hall–Kier alpha value is -1.46. The van der Waals surface area contributed by atoms with Crippen LogP contribution >= 0.6 is 11.3 Å². The van der Waals surface area contributed by atoms with Crippen molar-refractivity contribution in [1.82, 2.24) is 14.9 Å². The van der Waals surface area contributed by atoms with E-state index in [4.69, 9.17) is 9.72 Å². The van der Waals surface area contributed by atoms with Gasteiger partial charge in [0, 0.05) is 36.8 Å². The summed E-state index contributed by atoms with van der Waals surface area (Å²) in [6.07, 6.45) is 6.85. The number of aromatic nitrogens is 2. The first-order valence-corrected chi connectivity index (χ1v) is 9.81. The smallest absolute Gasteiger partial charge is 0.213 e. The summed E-state index contributed by atoms with van der Waals surface area (Å²) in [5, 5.41) is 3.49. The van der Waals surface area contributed by atoms with Crippen molar-refractivity contribution in [2.45, 2.75) is 71.7 Å². The van der Waals surface area contributed by atoms with Gasteiger partial charge in [-0.1, -0.05) is 6.92 Å². The van der Waals surface area contributed by atoms with Gasteiger partial charge in [0.1, 0.15) is 0 Å². The van der Waals surface area contributed by atoms with Crippen LogP contribution in [0, 0.1) is 0 Å². The van der Waals surface area contributed by atoms with E-state index in [0.29, 0.717) is 6.04 Å². The molecule has 5 heteroatoms. The zero-order chi connectivity index (χ0) is 16.9. The first-order valence-electron chi connectivity index (χ1n) is 8.93. The third kappa shape index (κ3) is 5.02. The number of aryl methyl sites for hydroxylation is 1. The van der Waals surface area contributed by atoms with Crippen molar-refractivity contribution in [2.75, 3.05) is 0 Å². The molecule has 0 atom stereocenters. The van der Waals surface area contributed by atoms with Gasteiger partial charge in [0.05, 0.1) is 16.8 Å². The molecule has 0 N–H and O–H groups in total. The molecule has 0 radical (unpaired) electrons. The second-order valence-corrected chi connectivity index (χ2v) is 7.73. The van der Waals surface area contributed by atoms with Crippen molar-refractivity contribution in [2.24, 2.45) is 0 Å². The Morgan fingerprint density at radius 1 is 1.33 bits per heavy atom. The van der Waals surface area contributed by atoms with Crippen LogP contribution in [0.5, 0.6) is 5.88 Å². The lowest BCUT2D eigenvalue weighted by molar-refractivity contribution is 0.228. The van der Waals surface area contributed by atoms with Gasteiger partial charge in [-0.05, 0) is 51.2 Å². The van der Waals surface area contributed by atoms with Gasteiger partial charge < -0.3 is 4.74 Å². The Kier molecular flexibility index (Phi) is 5.85. The van der Waals surface area contributed by atoms with Crippen molar-refractivity contribution < 1.29 is 4.74 Å². The molecule has 0 unspecified atom stereocenters. The minimum atomic E-state index is 0.152. The van der Waals surface area contributed by atoms with Crippen molar-refractivity contribution in [3.05, 3.63) is 40.0 Å². The zero-order valence-electron chi connectivity index (χ0n) is 14.9. The molecule has 0 aliphatic heterocycles. The molecule has 4 nitrogen and oxygen atoms in total. The van der Waals surface area contributed by atoms with E-state index in [1.165, 1.54) is 29.1 Å². The number of pyridine rings is 1. The largest absolute Gasteiger partial charge is 0.475 e. The molecule has 0 bridgehead atoms. The summed E-state index contributed by atoms with van der Waals surface area (Å²) < 4.78 is 5.72. The fraction of sp³-hybridized carbons (Fsp3) is 0.579. The van der Waals surface area contributed by atoms with Gasteiger partial charge in [-0.15, -0.1) is 11.3 Å². The van der Waals surface area contributed by atoms with Crippen LogP contribution in [-0.4, -0.2) is 27.0 Å². The molecule has 3 rings (SSSR count). The standard InChI is InChI=1S/C19H27N3OS/c1-4-5-19-21-16(13-24-19)12-22(17-6-7-17)11-15-8-9-20-18(10-15)23-14(2)3/h8-10,13-14,17H,4-7,11-12H2,1-3H3. The van der Waals surface area contributed by atoms with E-state index >= 15 is 0 Å². The van der Waals surface area contributed by atoms with E-state index in [1.54, 1.807) is 11.3 Å².